The van der Waals surface area contributed by atoms with Crippen molar-refractivity contribution in [3.63, 3.8) is 0 Å². The van der Waals surface area contributed by atoms with Crippen LogP contribution in [0.2, 0.25) is 0 Å². The molecule has 69 valence electrons. The van der Waals surface area contributed by atoms with Gasteiger partial charge in [0.1, 0.15) is 0 Å². The van der Waals surface area contributed by atoms with E-state index < -0.39 is 0 Å². The van der Waals surface area contributed by atoms with Crippen LogP contribution in [0.5, 0.6) is 0 Å². The standard InChI is InChI=1S/C6H13N4O2/c1-2-4-12-5-3-9-6-7-8-10(9)11/h8,11H,2-5H2,1H3. The molecule has 0 aromatic carbocycles. The molecule has 0 atom stereocenters. The number of hydrogen-bond acceptors (Lipinski definition) is 6. The normalized spacial score (nSPS) is 17.0. The molecule has 0 saturated carbocycles. The van der Waals surface area contributed by atoms with Crippen molar-refractivity contribution in [2.75, 3.05) is 19.8 Å². The summed E-state index contributed by atoms with van der Waals surface area (Å²) in [5, 5.41) is 14.6. The molecule has 0 saturated heterocycles. The van der Waals surface area contributed by atoms with Crippen LogP contribution in [0.1, 0.15) is 13.3 Å². The molecule has 2 N–H and O–H groups in total. The highest BCUT2D eigenvalue weighted by atomic mass is 16.6. The van der Waals surface area contributed by atoms with Gasteiger partial charge < -0.3 is 4.74 Å². The topological polar surface area (TPSA) is 60.3 Å². The van der Waals surface area contributed by atoms with Crippen molar-refractivity contribution in [2.24, 2.45) is 5.10 Å². The number of nitrogens with one attached hydrogen (secondary N) is 1. The third-order valence-corrected chi connectivity index (χ3v) is 1.33. The second kappa shape index (κ2) is 4.91. The first-order valence-corrected chi connectivity index (χ1v) is 3.90. The van der Waals surface area contributed by atoms with Gasteiger partial charge in [0.15, 0.2) is 0 Å². The smallest absolute Gasteiger partial charge is 0.214 e. The summed E-state index contributed by atoms with van der Waals surface area (Å²) in [6.07, 6.45) is 3.53. The monoisotopic (exact) mass is 173 g/mol. The molecule has 6 heteroatoms. The Morgan fingerprint density at radius 3 is 3.00 bits per heavy atom. The van der Waals surface area contributed by atoms with Gasteiger partial charge in [-0.3, -0.25) is 5.21 Å². The Balaban J connectivity index is 2.02. The maximum absolute atomic E-state index is 8.98. The first kappa shape index (κ1) is 9.24. The molecule has 0 spiro atoms. The van der Waals surface area contributed by atoms with Crippen molar-refractivity contribution in [1.82, 2.24) is 15.8 Å². The zero-order chi connectivity index (χ0) is 8.81. The predicted molar refractivity (Wildman–Crippen MR) is 42.0 cm³/mol. The minimum atomic E-state index is 0.535. The zero-order valence-corrected chi connectivity index (χ0v) is 7.03. The highest BCUT2D eigenvalue weighted by Gasteiger charge is 2.14. The van der Waals surface area contributed by atoms with Gasteiger partial charge in [0.2, 0.25) is 6.34 Å². The van der Waals surface area contributed by atoms with Crippen molar-refractivity contribution in [3.8, 4) is 0 Å². The predicted octanol–water partition coefficient (Wildman–Crippen LogP) is -0.340. The maximum atomic E-state index is 8.98. The summed E-state index contributed by atoms with van der Waals surface area (Å²) in [6, 6.07) is 0. The average Bonchev–Trinajstić information content (AvgIpc) is 2.46. The molecule has 0 amide bonds. The minimum Gasteiger partial charge on any atom is -0.380 e. The fraction of sp³-hybridized carbons (Fsp3) is 0.833. The number of rotatable bonds is 5. The highest BCUT2D eigenvalue weighted by Crippen LogP contribution is 1.93. The van der Waals surface area contributed by atoms with Crippen LogP contribution in [0, 0.1) is 0 Å². The summed E-state index contributed by atoms with van der Waals surface area (Å²) < 4.78 is 5.20. The number of hydrogen-bond donors (Lipinski definition) is 2. The van der Waals surface area contributed by atoms with Gasteiger partial charge >= 0.3 is 0 Å². The molecule has 1 rings (SSSR count). The van der Waals surface area contributed by atoms with E-state index in [0.717, 1.165) is 18.3 Å². The van der Waals surface area contributed by atoms with E-state index in [4.69, 9.17) is 9.94 Å². The van der Waals surface area contributed by atoms with Crippen molar-refractivity contribution in [2.45, 2.75) is 13.3 Å². The van der Waals surface area contributed by atoms with Gasteiger partial charge in [-0.15, -0.1) is 5.10 Å². The van der Waals surface area contributed by atoms with Crippen molar-refractivity contribution < 1.29 is 9.94 Å². The Bertz CT molecular complexity index is 152. The quantitative estimate of drug-likeness (QED) is 0.557. The first-order valence-electron chi connectivity index (χ1n) is 3.90. The van der Waals surface area contributed by atoms with E-state index in [1.54, 1.807) is 0 Å². The molecule has 6 nitrogen and oxygen atoms in total. The van der Waals surface area contributed by atoms with Crippen molar-refractivity contribution in [1.29, 1.82) is 0 Å². The zero-order valence-electron chi connectivity index (χ0n) is 7.03. The molecule has 0 unspecified atom stereocenters. The summed E-state index contributed by atoms with van der Waals surface area (Å²) in [4.78, 5) is 0. The molecule has 1 aliphatic heterocycles. The molecule has 1 radical (unpaired) electrons. The van der Waals surface area contributed by atoms with Gasteiger partial charge in [-0.25, -0.2) is 5.01 Å². The van der Waals surface area contributed by atoms with E-state index in [1.807, 2.05) is 6.92 Å². The SMILES string of the molecule is CCCOCCN1[C]=NNN1O. The van der Waals surface area contributed by atoms with E-state index in [0.29, 0.717) is 13.2 Å². The van der Waals surface area contributed by atoms with E-state index >= 15 is 0 Å². The van der Waals surface area contributed by atoms with Crippen LogP contribution in [0.4, 0.5) is 0 Å². The Labute approximate surface area is 71.3 Å². The van der Waals surface area contributed by atoms with Gasteiger partial charge in [0.25, 0.3) is 0 Å². The van der Waals surface area contributed by atoms with E-state index in [2.05, 4.69) is 17.0 Å². The molecule has 1 heterocycles. The van der Waals surface area contributed by atoms with Crippen molar-refractivity contribution >= 4 is 6.34 Å². The molecule has 12 heavy (non-hydrogen) atoms. The summed E-state index contributed by atoms with van der Waals surface area (Å²) in [5.74, 6) is 0. The lowest BCUT2D eigenvalue weighted by molar-refractivity contribution is -0.238. The Morgan fingerprint density at radius 2 is 2.42 bits per heavy atom. The first-order chi connectivity index (χ1) is 5.84. The molecule has 0 aromatic rings. The molecule has 0 bridgehead atoms. The Kier molecular flexibility index (Phi) is 3.78. The van der Waals surface area contributed by atoms with E-state index in [9.17, 15) is 0 Å². The van der Waals surface area contributed by atoms with Crippen molar-refractivity contribution in [3.05, 3.63) is 0 Å². The maximum Gasteiger partial charge on any atom is 0.214 e. The highest BCUT2D eigenvalue weighted by molar-refractivity contribution is 5.54. The molecule has 1 aliphatic rings. The van der Waals surface area contributed by atoms with Gasteiger partial charge in [0, 0.05) is 11.9 Å². The third-order valence-electron chi connectivity index (χ3n) is 1.33. The van der Waals surface area contributed by atoms with Gasteiger partial charge in [0.05, 0.1) is 13.2 Å². The Morgan fingerprint density at radius 1 is 1.58 bits per heavy atom. The lowest BCUT2D eigenvalue weighted by Crippen LogP contribution is -2.41. The minimum absolute atomic E-state index is 0.535. The number of nitrogens with zero attached hydrogens (tertiary/aromatic N) is 3. The van der Waals surface area contributed by atoms with Crippen LogP contribution in [-0.4, -0.2) is 41.6 Å². The average molecular weight is 173 g/mol. The summed E-state index contributed by atoms with van der Waals surface area (Å²) in [6.45, 7) is 3.87. The molecule has 0 aromatic heterocycles. The summed E-state index contributed by atoms with van der Waals surface area (Å²) in [7, 11) is 0. The van der Waals surface area contributed by atoms with Gasteiger partial charge in [-0.1, -0.05) is 6.92 Å². The van der Waals surface area contributed by atoms with Gasteiger partial charge in [-0.2, -0.15) is 5.53 Å². The van der Waals surface area contributed by atoms with Gasteiger partial charge in [-0.05, 0) is 6.42 Å². The largest absolute Gasteiger partial charge is 0.380 e. The van der Waals surface area contributed by atoms with Crippen LogP contribution in [0.15, 0.2) is 5.10 Å². The number of hydrazine groups is 2. The molecular formula is C6H13N4O2. The Hall–Kier alpha value is -0.850. The number of ether oxygens (including phenoxy) is 1. The second-order valence-corrected chi connectivity index (χ2v) is 2.34. The fourth-order valence-electron chi connectivity index (χ4n) is 0.763. The van der Waals surface area contributed by atoms with E-state index in [-0.39, 0.29) is 0 Å². The summed E-state index contributed by atoms with van der Waals surface area (Å²) >= 11 is 0. The van der Waals surface area contributed by atoms with Crippen LogP contribution in [-0.2, 0) is 4.74 Å². The molecule has 0 fully saturated rings. The number of hydrazone groups is 1. The lowest BCUT2D eigenvalue weighted by atomic mass is 10.5. The molecular weight excluding hydrogens is 160 g/mol. The van der Waals surface area contributed by atoms with Crippen LogP contribution in [0.25, 0.3) is 0 Å². The fourth-order valence-corrected chi connectivity index (χ4v) is 0.763. The second-order valence-electron chi connectivity index (χ2n) is 2.34. The van der Waals surface area contributed by atoms with Crippen LogP contribution >= 0.6 is 0 Å². The van der Waals surface area contributed by atoms with Crippen LogP contribution < -0.4 is 5.53 Å². The third kappa shape index (κ3) is 2.65. The lowest BCUT2D eigenvalue weighted by Gasteiger charge is -2.18. The summed E-state index contributed by atoms with van der Waals surface area (Å²) in [5.41, 5.74) is 2.28. The molecule has 0 aliphatic carbocycles. The van der Waals surface area contributed by atoms with Crippen LogP contribution in [0.3, 0.4) is 0 Å². The van der Waals surface area contributed by atoms with E-state index in [1.165, 1.54) is 5.01 Å².